The molecule has 0 radical (unpaired) electrons. The molecule has 0 saturated carbocycles. The highest BCUT2D eigenvalue weighted by atomic mass is 16.3. The van der Waals surface area contributed by atoms with Crippen LogP contribution in [0.15, 0.2) is 24.3 Å². The Kier molecular flexibility index (Phi) is 3.24. The minimum Gasteiger partial charge on any atom is -0.392 e. The Balaban J connectivity index is 2.64. The van der Waals surface area contributed by atoms with Crippen molar-refractivity contribution in [3.63, 3.8) is 0 Å². The standard InChI is InChI=1S/C8H11N3O2/c9-11-8(13)10-7-3-1-6(5-12)2-4-7/h1-4,12H,5,9H2,(H2,10,11,13). The van der Waals surface area contributed by atoms with Crippen molar-refractivity contribution >= 4 is 11.7 Å². The number of urea groups is 1. The lowest BCUT2D eigenvalue weighted by Crippen LogP contribution is -2.34. The number of carbonyl (C=O) groups is 1. The summed E-state index contributed by atoms with van der Waals surface area (Å²) in [6.07, 6.45) is 0. The van der Waals surface area contributed by atoms with Crippen LogP contribution in [-0.4, -0.2) is 11.1 Å². The van der Waals surface area contributed by atoms with Crippen molar-refractivity contribution in [2.24, 2.45) is 5.84 Å². The monoisotopic (exact) mass is 181 g/mol. The molecule has 5 nitrogen and oxygen atoms in total. The number of hydrazine groups is 1. The number of rotatable bonds is 2. The van der Waals surface area contributed by atoms with Crippen molar-refractivity contribution in [2.45, 2.75) is 6.61 Å². The molecule has 1 aromatic carbocycles. The third-order valence-electron chi connectivity index (χ3n) is 1.53. The summed E-state index contributed by atoms with van der Waals surface area (Å²) in [6, 6.07) is 6.32. The molecular weight excluding hydrogens is 170 g/mol. The number of aliphatic hydroxyl groups is 1. The van der Waals surface area contributed by atoms with Crippen LogP contribution in [0, 0.1) is 0 Å². The van der Waals surface area contributed by atoms with E-state index < -0.39 is 6.03 Å². The first-order valence-corrected chi connectivity index (χ1v) is 3.73. The zero-order valence-corrected chi connectivity index (χ0v) is 6.95. The predicted molar refractivity (Wildman–Crippen MR) is 48.7 cm³/mol. The lowest BCUT2D eigenvalue weighted by atomic mass is 10.2. The molecule has 1 rings (SSSR count). The molecule has 0 heterocycles. The lowest BCUT2D eigenvalue weighted by Gasteiger charge is -2.03. The first-order chi connectivity index (χ1) is 6.26. The van der Waals surface area contributed by atoms with Gasteiger partial charge in [-0.15, -0.1) is 0 Å². The van der Waals surface area contributed by atoms with Crippen molar-refractivity contribution < 1.29 is 9.90 Å². The zero-order chi connectivity index (χ0) is 9.68. The summed E-state index contributed by atoms with van der Waals surface area (Å²) in [5.41, 5.74) is 3.36. The topological polar surface area (TPSA) is 87.4 Å². The van der Waals surface area contributed by atoms with Gasteiger partial charge in [-0.1, -0.05) is 12.1 Å². The van der Waals surface area contributed by atoms with Gasteiger partial charge < -0.3 is 10.4 Å². The van der Waals surface area contributed by atoms with Gasteiger partial charge in [0.05, 0.1) is 6.61 Å². The second-order valence-electron chi connectivity index (χ2n) is 2.45. The maximum absolute atomic E-state index is 10.7. The zero-order valence-electron chi connectivity index (χ0n) is 6.95. The van der Waals surface area contributed by atoms with Crippen molar-refractivity contribution in [1.29, 1.82) is 0 Å². The van der Waals surface area contributed by atoms with Gasteiger partial charge in [-0.25, -0.2) is 10.6 Å². The second-order valence-corrected chi connectivity index (χ2v) is 2.45. The van der Waals surface area contributed by atoms with E-state index in [9.17, 15) is 4.79 Å². The summed E-state index contributed by atoms with van der Waals surface area (Å²) in [4.78, 5) is 10.7. The SMILES string of the molecule is NNC(=O)Nc1ccc(CO)cc1. The van der Waals surface area contributed by atoms with Crippen LogP contribution in [0.1, 0.15) is 5.56 Å². The van der Waals surface area contributed by atoms with Crippen molar-refractivity contribution in [3.8, 4) is 0 Å². The Hall–Kier alpha value is -1.59. The molecule has 0 bridgehead atoms. The van der Waals surface area contributed by atoms with Crippen LogP contribution >= 0.6 is 0 Å². The summed E-state index contributed by atoms with van der Waals surface area (Å²) >= 11 is 0. The fourth-order valence-corrected chi connectivity index (χ4v) is 0.861. The van der Waals surface area contributed by atoms with Gasteiger partial charge in [0.25, 0.3) is 0 Å². The second kappa shape index (κ2) is 4.44. The Labute approximate surface area is 75.5 Å². The number of nitrogens with one attached hydrogen (secondary N) is 2. The molecule has 70 valence electrons. The molecule has 5 N–H and O–H groups in total. The Bertz CT molecular complexity index is 284. The van der Waals surface area contributed by atoms with Crippen molar-refractivity contribution in [3.05, 3.63) is 29.8 Å². The highest BCUT2D eigenvalue weighted by Crippen LogP contribution is 2.08. The summed E-state index contributed by atoms with van der Waals surface area (Å²) in [6.45, 7) is -0.0106. The molecule has 2 amide bonds. The number of amides is 2. The summed E-state index contributed by atoms with van der Waals surface area (Å²) in [7, 11) is 0. The predicted octanol–water partition coefficient (Wildman–Crippen LogP) is 0.174. The van der Waals surface area contributed by atoms with E-state index in [0.717, 1.165) is 5.56 Å². The molecule has 0 aliphatic carbocycles. The molecule has 0 spiro atoms. The van der Waals surface area contributed by atoms with Crippen LogP contribution in [0.5, 0.6) is 0 Å². The van der Waals surface area contributed by atoms with Crippen molar-refractivity contribution in [2.75, 3.05) is 5.32 Å². The van der Waals surface area contributed by atoms with Crippen LogP contribution in [0.25, 0.3) is 0 Å². The van der Waals surface area contributed by atoms with E-state index in [1.165, 1.54) is 0 Å². The molecule has 0 fully saturated rings. The van der Waals surface area contributed by atoms with Crippen LogP contribution in [0.2, 0.25) is 0 Å². The van der Waals surface area contributed by atoms with Gasteiger partial charge in [0, 0.05) is 5.69 Å². The molecule has 0 atom stereocenters. The quantitative estimate of drug-likeness (QED) is 0.298. The summed E-state index contributed by atoms with van der Waals surface area (Å²) in [5.74, 6) is 4.87. The largest absolute Gasteiger partial charge is 0.392 e. The molecule has 0 aliphatic rings. The van der Waals surface area contributed by atoms with Crippen LogP contribution in [0.4, 0.5) is 10.5 Å². The van der Waals surface area contributed by atoms with Gasteiger partial charge >= 0.3 is 6.03 Å². The Morgan fingerprint density at radius 2 is 2.00 bits per heavy atom. The average Bonchev–Trinajstić information content (AvgIpc) is 2.19. The van der Waals surface area contributed by atoms with Crippen LogP contribution in [-0.2, 0) is 6.61 Å². The van der Waals surface area contributed by atoms with E-state index in [2.05, 4.69) is 5.32 Å². The third-order valence-corrected chi connectivity index (χ3v) is 1.53. The summed E-state index contributed by atoms with van der Waals surface area (Å²) in [5, 5.41) is 11.2. The van der Waals surface area contributed by atoms with E-state index in [4.69, 9.17) is 10.9 Å². The molecule has 0 aliphatic heterocycles. The van der Waals surface area contributed by atoms with Crippen LogP contribution in [0.3, 0.4) is 0 Å². The van der Waals surface area contributed by atoms with Crippen LogP contribution < -0.4 is 16.6 Å². The number of benzene rings is 1. The molecule has 13 heavy (non-hydrogen) atoms. The van der Waals surface area contributed by atoms with Gasteiger partial charge in [-0.05, 0) is 17.7 Å². The smallest absolute Gasteiger partial charge is 0.333 e. The minimum absolute atomic E-state index is 0.0106. The highest BCUT2D eigenvalue weighted by molar-refractivity contribution is 5.88. The highest BCUT2D eigenvalue weighted by Gasteiger charge is 1.97. The fourth-order valence-electron chi connectivity index (χ4n) is 0.861. The number of aliphatic hydroxyl groups excluding tert-OH is 1. The van der Waals surface area contributed by atoms with E-state index in [-0.39, 0.29) is 6.61 Å². The third kappa shape index (κ3) is 2.73. The van der Waals surface area contributed by atoms with E-state index in [0.29, 0.717) is 5.69 Å². The molecule has 5 heteroatoms. The minimum atomic E-state index is -0.475. The number of anilines is 1. The van der Waals surface area contributed by atoms with Gasteiger partial charge in [-0.2, -0.15) is 0 Å². The number of carbonyl (C=O) groups excluding carboxylic acids is 1. The molecule has 0 aromatic heterocycles. The van der Waals surface area contributed by atoms with Gasteiger partial charge in [-0.3, -0.25) is 5.43 Å². The first kappa shape index (κ1) is 9.50. The maximum Gasteiger partial charge on any atom is 0.333 e. The van der Waals surface area contributed by atoms with Crippen molar-refractivity contribution in [1.82, 2.24) is 5.43 Å². The number of hydrogen-bond donors (Lipinski definition) is 4. The van der Waals surface area contributed by atoms with Gasteiger partial charge in [0.2, 0.25) is 0 Å². The van der Waals surface area contributed by atoms with E-state index >= 15 is 0 Å². The molecular formula is C8H11N3O2. The molecule has 0 unspecified atom stereocenters. The normalized spacial score (nSPS) is 9.38. The molecule has 0 saturated heterocycles. The lowest BCUT2D eigenvalue weighted by molar-refractivity contribution is 0.252. The van der Waals surface area contributed by atoms with E-state index in [1.807, 2.05) is 5.43 Å². The molecule has 1 aromatic rings. The first-order valence-electron chi connectivity index (χ1n) is 3.73. The van der Waals surface area contributed by atoms with E-state index in [1.54, 1.807) is 24.3 Å². The maximum atomic E-state index is 10.7. The Morgan fingerprint density at radius 3 is 2.46 bits per heavy atom. The van der Waals surface area contributed by atoms with Gasteiger partial charge in [0.15, 0.2) is 0 Å². The number of hydrogen-bond acceptors (Lipinski definition) is 3. The average molecular weight is 181 g/mol. The van der Waals surface area contributed by atoms with Gasteiger partial charge in [0.1, 0.15) is 0 Å². The number of nitrogens with two attached hydrogens (primary N) is 1. The summed E-state index contributed by atoms with van der Waals surface area (Å²) < 4.78 is 0. The fraction of sp³-hybridized carbons (Fsp3) is 0.125. The Morgan fingerprint density at radius 1 is 1.38 bits per heavy atom.